The molecule has 5 heteroatoms. The van der Waals surface area contributed by atoms with Crippen LogP contribution in [-0.2, 0) is 17.7 Å². The monoisotopic (exact) mass is 290 g/mol. The van der Waals surface area contributed by atoms with E-state index in [1.807, 2.05) is 13.8 Å². The molecule has 1 aromatic carbocycles. The van der Waals surface area contributed by atoms with Gasteiger partial charge in [0.1, 0.15) is 5.82 Å². The van der Waals surface area contributed by atoms with Gasteiger partial charge in [-0.1, -0.05) is 0 Å². The van der Waals surface area contributed by atoms with E-state index in [9.17, 15) is 9.18 Å². The molecule has 0 aliphatic carbocycles. The molecule has 4 nitrogen and oxygen atoms in total. The molecule has 0 fully saturated rings. The SMILES string of the molecule is CC(C)OC(=O)N1CCCc2[nH]c3ccc(F)cc3c2C1. The molecule has 0 radical (unpaired) electrons. The van der Waals surface area contributed by atoms with Gasteiger partial charge in [0.25, 0.3) is 0 Å². The molecule has 0 atom stereocenters. The summed E-state index contributed by atoms with van der Waals surface area (Å²) in [6, 6.07) is 4.72. The predicted molar refractivity (Wildman–Crippen MR) is 78.6 cm³/mol. The van der Waals surface area contributed by atoms with E-state index in [0.29, 0.717) is 13.1 Å². The summed E-state index contributed by atoms with van der Waals surface area (Å²) in [5.74, 6) is -0.259. The van der Waals surface area contributed by atoms with Gasteiger partial charge in [0.15, 0.2) is 0 Å². The number of hydrogen-bond acceptors (Lipinski definition) is 2. The van der Waals surface area contributed by atoms with Crippen LogP contribution in [0.5, 0.6) is 0 Å². The average Bonchev–Trinajstić information content (AvgIpc) is 2.62. The van der Waals surface area contributed by atoms with E-state index in [2.05, 4.69) is 4.98 Å². The van der Waals surface area contributed by atoms with Crippen LogP contribution in [0.4, 0.5) is 9.18 Å². The third-order valence-electron chi connectivity index (χ3n) is 3.76. The minimum Gasteiger partial charge on any atom is -0.447 e. The molecule has 1 aliphatic heterocycles. The fourth-order valence-corrected chi connectivity index (χ4v) is 2.82. The molecule has 2 aromatic rings. The van der Waals surface area contributed by atoms with Crippen LogP contribution < -0.4 is 0 Å². The number of amides is 1. The minimum atomic E-state index is -0.302. The number of halogens is 1. The summed E-state index contributed by atoms with van der Waals surface area (Å²) < 4.78 is 18.8. The maximum atomic E-state index is 13.5. The second-order valence-electron chi connectivity index (χ2n) is 5.73. The number of nitrogens with one attached hydrogen (secondary N) is 1. The second-order valence-corrected chi connectivity index (χ2v) is 5.73. The average molecular weight is 290 g/mol. The van der Waals surface area contributed by atoms with Crippen LogP contribution in [0, 0.1) is 5.82 Å². The number of fused-ring (bicyclic) bond motifs is 3. The molecular weight excluding hydrogens is 271 g/mol. The third-order valence-corrected chi connectivity index (χ3v) is 3.76. The summed E-state index contributed by atoms with van der Waals surface area (Å²) in [4.78, 5) is 17.2. The Bertz CT molecular complexity index is 678. The number of aromatic nitrogens is 1. The standard InChI is InChI=1S/C16H19FN2O2/c1-10(2)21-16(20)19-7-3-4-14-13(9-19)12-8-11(17)5-6-15(12)18-14/h5-6,8,10,18H,3-4,7,9H2,1-2H3. The van der Waals surface area contributed by atoms with Crippen LogP contribution in [0.15, 0.2) is 18.2 Å². The van der Waals surface area contributed by atoms with Crippen molar-refractivity contribution in [1.82, 2.24) is 9.88 Å². The van der Waals surface area contributed by atoms with Gasteiger partial charge in [0.2, 0.25) is 0 Å². The topological polar surface area (TPSA) is 45.3 Å². The van der Waals surface area contributed by atoms with Crippen molar-refractivity contribution in [2.24, 2.45) is 0 Å². The Balaban J connectivity index is 1.95. The van der Waals surface area contributed by atoms with E-state index < -0.39 is 0 Å². The summed E-state index contributed by atoms with van der Waals surface area (Å²) in [6.07, 6.45) is 1.29. The van der Waals surface area contributed by atoms with Crippen LogP contribution in [-0.4, -0.2) is 28.6 Å². The van der Waals surface area contributed by atoms with E-state index in [4.69, 9.17) is 4.74 Å². The van der Waals surface area contributed by atoms with Crippen molar-refractivity contribution in [2.75, 3.05) is 6.54 Å². The van der Waals surface area contributed by atoms with E-state index in [1.54, 1.807) is 11.0 Å². The van der Waals surface area contributed by atoms with Crippen molar-refractivity contribution in [1.29, 1.82) is 0 Å². The highest BCUT2D eigenvalue weighted by atomic mass is 19.1. The van der Waals surface area contributed by atoms with Crippen molar-refractivity contribution < 1.29 is 13.9 Å². The molecule has 2 heterocycles. The summed E-state index contributed by atoms with van der Waals surface area (Å²) in [5, 5.41) is 0.856. The van der Waals surface area contributed by atoms with E-state index in [-0.39, 0.29) is 18.0 Å². The first-order valence-electron chi connectivity index (χ1n) is 7.29. The number of nitrogens with zero attached hydrogens (tertiary/aromatic N) is 1. The minimum absolute atomic E-state index is 0.138. The zero-order valence-corrected chi connectivity index (χ0v) is 12.3. The van der Waals surface area contributed by atoms with E-state index in [0.717, 1.165) is 35.0 Å². The summed E-state index contributed by atoms with van der Waals surface area (Å²) in [5.41, 5.74) is 3.01. The lowest BCUT2D eigenvalue weighted by Crippen LogP contribution is -2.32. The van der Waals surface area contributed by atoms with Crippen LogP contribution in [0.2, 0.25) is 0 Å². The van der Waals surface area contributed by atoms with Gasteiger partial charge in [0.05, 0.1) is 12.6 Å². The normalized spacial score (nSPS) is 15.1. The molecule has 112 valence electrons. The van der Waals surface area contributed by atoms with Gasteiger partial charge in [-0.25, -0.2) is 9.18 Å². The van der Waals surface area contributed by atoms with E-state index in [1.165, 1.54) is 12.1 Å². The lowest BCUT2D eigenvalue weighted by atomic mass is 10.1. The number of H-pyrrole nitrogens is 1. The third kappa shape index (κ3) is 2.73. The number of carbonyl (C=O) groups excluding carboxylic acids is 1. The molecule has 1 aromatic heterocycles. The number of aryl methyl sites for hydroxylation is 1. The smallest absolute Gasteiger partial charge is 0.410 e. The fourth-order valence-electron chi connectivity index (χ4n) is 2.82. The first-order chi connectivity index (χ1) is 10.0. The van der Waals surface area contributed by atoms with Crippen LogP contribution in [0.25, 0.3) is 10.9 Å². The maximum Gasteiger partial charge on any atom is 0.410 e. The molecule has 0 unspecified atom stereocenters. The molecular formula is C16H19FN2O2. The number of aromatic amines is 1. The van der Waals surface area contributed by atoms with Gasteiger partial charge in [-0.15, -0.1) is 0 Å². The zero-order chi connectivity index (χ0) is 15.0. The van der Waals surface area contributed by atoms with Crippen LogP contribution in [0.3, 0.4) is 0 Å². The molecule has 3 rings (SSSR count). The second kappa shape index (κ2) is 5.39. The Morgan fingerprint density at radius 2 is 2.24 bits per heavy atom. The van der Waals surface area contributed by atoms with Gasteiger partial charge >= 0.3 is 6.09 Å². The van der Waals surface area contributed by atoms with Gasteiger partial charge in [0, 0.05) is 28.7 Å². The molecule has 1 aliphatic rings. The first kappa shape index (κ1) is 13.9. The van der Waals surface area contributed by atoms with Crippen LogP contribution in [0.1, 0.15) is 31.5 Å². The predicted octanol–water partition coefficient (Wildman–Crippen LogP) is 3.60. The summed E-state index contributed by atoms with van der Waals surface area (Å²) in [6.45, 7) is 4.79. The highest BCUT2D eigenvalue weighted by Crippen LogP contribution is 2.28. The Hall–Kier alpha value is -2.04. The van der Waals surface area contributed by atoms with Gasteiger partial charge < -0.3 is 14.6 Å². The van der Waals surface area contributed by atoms with E-state index >= 15 is 0 Å². The molecule has 0 saturated carbocycles. The summed E-state index contributed by atoms with van der Waals surface area (Å²) in [7, 11) is 0. The molecule has 1 N–H and O–H groups in total. The largest absolute Gasteiger partial charge is 0.447 e. The number of hydrogen-bond donors (Lipinski definition) is 1. The van der Waals surface area contributed by atoms with Gasteiger partial charge in [-0.2, -0.15) is 0 Å². The quantitative estimate of drug-likeness (QED) is 0.872. The Labute approximate surface area is 122 Å². The molecule has 21 heavy (non-hydrogen) atoms. The number of rotatable bonds is 1. The van der Waals surface area contributed by atoms with Crippen LogP contribution >= 0.6 is 0 Å². The van der Waals surface area contributed by atoms with Crippen molar-refractivity contribution in [3.8, 4) is 0 Å². The lowest BCUT2D eigenvalue weighted by Gasteiger charge is -2.21. The van der Waals surface area contributed by atoms with Crippen molar-refractivity contribution in [3.05, 3.63) is 35.3 Å². The Morgan fingerprint density at radius 3 is 3.00 bits per heavy atom. The number of carbonyl (C=O) groups is 1. The highest BCUT2D eigenvalue weighted by molar-refractivity contribution is 5.85. The first-order valence-corrected chi connectivity index (χ1v) is 7.29. The lowest BCUT2D eigenvalue weighted by molar-refractivity contribution is 0.0751. The highest BCUT2D eigenvalue weighted by Gasteiger charge is 2.23. The maximum absolute atomic E-state index is 13.5. The molecule has 0 saturated heterocycles. The fraction of sp³-hybridized carbons (Fsp3) is 0.438. The Kier molecular flexibility index (Phi) is 3.57. The number of ether oxygens (including phenoxy) is 1. The molecule has 1 amide bonds. The van der Waals surface area contributed by atoms with Crippen molar-refractivity contribution in [2.45, 2.75) is 39.3 Å². The molecule has 0 bridgehead atoms. The summed E-state index contributed by atoms with van der Waals surface area (Å²) >= 11 is 0. The van der Waals surface area contributed by atoms with Gasteiger partial charge in [-0.05, 0) is 44.9 Å². The number of benzene rings is 1. The molecule has 0 spiro atoms. The van der Waals surface area contributed by atoms with Gasteiger partial charge in [-0.3, -0.25) is 0 Å². The zero-order valence-electron chi connectivity index (χ0n) is 12.3. The Morgan fingerprint density at radius 1 is 1.43 bits per heavy atom. The van der Waals surface area contributed by atoms with Crippen molar-refractivity contribution in [3.63, 3.8) is 0 Å². The van der Waals surface area contributed by atoms with Crippen molar-refractivity contribution >= 4 is 17.0 Å².